The van der Waals surface area contributed by atoms with Crippen LogP contribution in [0, 0.1) is 13.8 Å². The maximum absolute atomic E-state index is 12.9. The van der Waals surface area contributed by atoms with E-state index in [1.807, 2.05) is 38.1 Å². The van der Waals surface area contributed by atoms with Gasteiger partial charge in [0.2, 0.25) is 15.9 Å². The highest BCUT2D eigenvalue weighted by Crippen LogP contribution is 2.25. The number of aryl methyl sites for hydroxylation is 3. The first-order valence-electron chi connectivity index (χ1n) is 9.82. The predicted octanol–water partition coefficient (Wildman–Crippen LogP) is 4.05. The van der Waals surface area contributed by atoms with Gasteiger partial charge in [-0.25, -0.2) is 8.42 Å². The fraction of sp³-hybridized carbons (Fsp3) is 0.409. The highest BCUT2D eigenvalue weighted by Gasteiger charge is 2.26. The average Bonchev–Trinajstić information content (AvgIpc) is 2.70. The second kappa shape index (κ2) is 8.88. The lowest BCUT2D eigenvalue weighted by Crippen LogP contribution is -2.35. The number of carbonyl (C=O) groups excluding carboxylic acids is 1. The van der Waals surface area contributed by atoms with E-state index in [4.69, 9.17) is 0 Å². The van der Waals surface area contributed by atoms with Gasteiger partial charge in [0.05, 0.1) is 4.90 Å². The van der Waals surface area contributed by atoms with Crippen molar-refractivity contribution in [3.63, 3.8) is 0 Å². The van der Waals surface area contributed by atoms with Gasteiger partial charge in [-0.2, -0.15) is 4.31 Å². The lowest BCUT2D eigenvalue weighted by molar-refractivity contribution is -0.116. The zero-order chi connectivity index (χ0) is 20.1. The quantitative estimate of drug-likeness (QED) is 0.795. The Labute approximate surface area is 167 Å². The molecule has 1 aliphatic heterocycles. The third kappa shape index (κ3) is 5.00. The van der Waals surface area contributed by atoms with E-state index in [1.54, 1.807) is 22.5 Å². The van der Waals surface area contributed by atoms with Crippen molar-refractivity contribution in [1.82, 2.24) is 4.31 Å². The number of carbonyl (C=O) groups is 1. The summed E-state index contributed by atoms with van der Waals surface area (Å²) in [7, 11) is -3.51. The summed E-state index contributed by atoms with van der Waals surface area (Å²) in [5.41, 5.74) is 3.71. The number of sulfonamides is 1. The van der Waals surface area contributed by atoms with Gasteiger partial charge in [0.1, 0.15) is 0 Å². The molecule has 0 unspecified atom stereocenters. The van der Waals surface area contributed by atoms with Crippen molar-refractivity contribution in [3.05, 3.63) is 59.2 Å². The molecule has 5 nitrogen and oxygen atoms in total. The predicted molar refractivity (Wildman–Crippen MR) is 112 cm³/mol. The summed E-state index contributed by atoms with van der Waals surface area (Å²) >= 11 is 0. The molecule has 1 fully saturated rings. The monoisotopic (exact) mass is 400 g/mol. The summed E-state index contributed by atoms with van der Waals surface area (Å²) in [6, 6.07) is 13.1. The average molecular weight is 401 g/mol. The molecular formula is C22H28N2O3S. The molecule has 150 valence electrons. The lowest BCUT2D eigenvalue weighted by Gasteiger charge is -2.26. The van der Waals surface area contributed by atoms with E-state index in [-0.39, 0.29) is 10.8 Å². The van der Waals surface area contributed by atoms with E-state index in [9.17, 15) is 13.2 Å². The van der Waals surface area contributed by atoms with Crippen LogP contribution >= 0.6 is 0 Å². The molecular weight excluding hydrogens is 372 g/mol. The van der Waals surface area contributed by atoms with Gasteiger partial charge >= 0.3 is 0 Å². The smallest absolute Gasteiger partial charge is 0.243 e. The van der Waals surface area contributed by atoms with Crippen molar-refractivity contribution >= 4 is 21.6 Å². The van der Waals surface area contributed by atoms with Gasteiger partial charge in [-0.3, -0.25) is 4.79 Å². The summed E-state index contributed by atoms with van der Waals surface area (Å²) in [5, 5.41) is 2.89. The molecule has 0 radical (unpaired) electrons. The van der Waals surface area contributed by atoms with Crippen LogP contribution in [0.15, 0.2) is 47.4 Å². The number of hydrogen-bond acceptors (Lipinski definition) is 3. The fourth-order valence-corrected chi connectivity index (χ4v) is 4.92. The first-order valence-corrected chi connectivity index (χ1v) is 11.3. The van der Waals surface area contributed by atoms with E-state index >= 15 is 0 Å². The second-order valence-corrected chi connectivity index (χ2v) is 9.41. The molecule has 0 spiro atoms. The van der Waals surface area contributed by atoms with Crippen molar-refractivity contribution in [2.75, 3.05) is 18.4 Å². The van der Waals surface area contributed by atoms with Gasteiger partial charge in [0.15, 0.2) is 0 Å². The van der Waals surface area contributed by atoms with Crippen molar-refractivity contribution in [2.45, 2.75) is 50.8 Å². The second-order valence-electron chi connectivity index (χ2n) is 7.48. The Morgan fingerprint density at radius 1 is 1.00 bits per heavy atom. The maximum Gasteiger partial charge on any atom is 0.243 e. The number of nitrogens with zero attached hydrogens (tertiary/aromatic N) is 1. The molecule has 3 rings (SSSR count). The van der Waals surface area contributed by atoms with Crippen LogP contribution in [0.1, 0.15) is 42.4 Å². The number of nitrogens with one attached hydrogen (secondary N) is 1. The lowest BCUT2D eigenvalue weighted by atomic mass is 10.1. The molecule has 28 heavy (non-hydrogen) atoms. The summed E-state index contributed by atoms with van der Waals surface area (Å²) < 4.78 is 27.3. The maximum atomic E-state index is 12.9. The minimum Gasteiger partial charge on any atom is -0.326 e. The minimum atomic E-state index is -3.51. The molecule has 1 aliphatic rings. The molecule has 0 atom stereocenters. The fourth-order valence-electron chi connectivity index (χ4n) is 3.38. The molecule has 0 aromatic heterocycles. The van der Waals surface area contributed by atoms with E-state index < -0.39 is 10.0 Å². The Kier molecular flexibility index (Phi) is 6.52. The molecule has 1 heterocycles. The number of piperidine rings is 1. The molecule has 2 aromatic carbocycles. The number of hydrogen-bond donors (Lipinski definition) is 1. The van der Waals surface area contributed by atoms with Gasteiger partial charge in [-0.05, 0) is 56.4 Å². The molecule has 0 aliphatic carbocycles. The highest BCUT2D eigenvalue weighted by molar-refractivity contribution is 7.89. The summed E-state index contributed by atoms with van der Waals surface area (Å²) in [4.78, 5) is 12.6. The molecule has 2 aromatic rings. The van der Waals surface area contributed by atoms with E-state index in [2.05, 4.69) is 5.32 Å². The molecule has 0 bridgehead atoms. The Balaban J connectivity index is 1.68. The zero-order valence-electron chi connectivity index (χ0n) is 16.6. The molecule has 0 saturated carbocycles. The van der Waals surface area contributed by atoms with Crippen molar-refractivity contribution in [2.24, 2.45) is 0 Å². The van der Waals surface area contributed by atoms with E-state index in [0.717, 1.165) is 30.4 Å². The molecule has 1 saturated heterocycles. The van der Waals surface area contributed by atoms with Crippen molar-refractivity contribution in [3.8, 4) is 0 Å². The van der Waals surface area contributed by atoms with Crippen LogP contribution in [0.4, 0.5) is 5.69 Å². The van der Waals surface area contributed by atoms with Gasteiger partial charge in [0, 0.05) is 25.2 Å². The van der Waals surface area contributed by atoms with Crippen LogP contribution in [-0.4, -0.2) is 31.7 Å². The standard InChI is InChI=1S/C22H28N2O3S/c1-17-6-9-19(10-7-17)11-13-22(25)23-21-16-20(12-8-18(21)2)28(26,27)24-14-4-3-5-15-24/h6-10,12,16H,3-5,11,13-15H2,1-2H3,(H,23,25). The van der Waals surface area contributed by atoms with Crippen LogP contribution in [-0.2, 0) is 21.2 Å². The Morgan fingerprint density at radius 2 is 1.68 bits per heavy atom. The highest BCUT2D eigenvalue weighted by atomic mass is 32.2. The van der Waals surface area contributed by atoms with Crippen LogP contribution in [0.25, 0.3) is 0 Å². The third-order valence-electron chi connectivity index (χ3n) is 5.20. The van der Waals surface area contributed by atoms with E-state index in [0.29, 0.717) is 31.6 Å². The van der Waals surface area contributed by atoms with Crippen molar-refractivity contribution in [1.29, 1.82) is 0 Å². The number of benzene rings is 2. The molecule has 1 N–H and O–H groups in total. The first kappa shape index (κ1) is 20.6. The third-order valence-corrected chi connectivity index (χ3v) is 7.09. The summed E-state index contributed by atoms with van der Waals surface area (Å²) in [5.74, 6) is -0.115. The van der Waals surface area contributed by atoms with Gasteiger partial charge in [-0.15, -0.1) is 0 Å². The molecule has 1 amide bonds. The molecule has 6 heteroatoms. The Morgan fingerprint density at radius 3 is 2.36 bits per heavy atom. The van der Waals surface area contributed by atoms with Crippen LogP contribution < -0.4 is 5.32 Å². The van der Waals surface area contributed by atoms with Crippen LogP contribution in [0.3, 0.4) is 0 Å². The number of rotatable bonds is 6. The summed E-state index contributed by atoms with van der Waals surface area (Å²) in [6.07, 6.45) is 3.87. The van der Waals surface area contributed by atoms with Gasteiger partial charge in [-0.1, -0.05) is 42.3 Å². The first-order chi connectivity index (χ1) is 13.4. The minimum absolute atomic E-state index is 0.115. The van der Waals surface area contributed by atoms with E-state index in [1.165, 1.54) is 5.56 Å². The van der Waals surface area contributed by atoms with Gasteiger partial charge in [0.25, 0.3) is 0 Å². The van der Waals surface area contributed by atoms with Crippen LogP contribution in [0.5, 0.6) is 0 Å². The zero-order valence-corrected chi connectivity index (χ0v) is 17.4. The number of anilines is 1. The van der Waals surface area contributed by atoms with Crippen LogP contribution in [0.2, 0.25) is 0 Å². The summed E-state index contributed by atoms with van der Waals surface area (Å²) in [6.45, 7) is 5.03. The Hall–Kier alpha value is -2.18. The SMILES string of the molecule is Cc1ccc(CCC(=O)Nc2cc(S(=O)(=O)N3CCCCC3)ccc2C)cc1. The largest absolute Gasteiger partial charge is 0.326 e. The van der Waals surface area contributed by atoms with Gasteiger partial charge < -0.3 is 5.32 Å². The normalized spacial score (nSPS) is 15.4. The number of amides is 1. The van der Waals surface area contributed by atoms with Crippen molar-refractivity contribution < 1.29 is 13.2 Å². The Bertz CT molecular complexity index is 931. The topological polar surface area (TPSA) is 66.5 Å².